The van der Waals surface area contributed by atoms with Gasteiger partial charge in [0.1, 0.15) is 11.9 Å². The molecule has 0 aliphatic heterocycles. The summed E-state index contributed by atoms with van der Waals surface area (Å²) in [4.78, 5) is 27.5. The van der Waals surface area contributed by atoms with E-state index >= 15 is 0 Å². The van der Waals surface area contributed by atoms with Crippen molar-refractivity contribution in [2.45, 2.75) is 24.3 Å². The zero-order chi connectivity index (χ0) is 23.5. The van der Waals surface area contributed by atoms with E-state index in [0.717, 1.165) is 10.2 Å². The van der Waals surface area contributed by atoms with Crippen molar-refractivity contribution in [3.63, 3.8) is 0 Å². The van der Waals surface area contributed by atoms with E-state index in [-0.39, 0.29) is 28.2 Å². The number of methoxy groups -OCH3 is 1. The lowest BCUT2D eigenvalue weighted by Crippen LogP contribution is -2.48. The quantitative estimate of drug-likeness (QED) is 0.288. The predicted octanol–water partition coefficient (Wildman–Crippen LogP) is 2.56. The number of esters is 1. The molecule has 1 aromatic carbocycles. The Labute approximate surface area is 184 Å². The number of nitrogens with one attached hydrogen (secondary N) is 1. The molecule has 11 nitrogen and oxygen atoms in total. The van der Waals surface area contributed by atoms with E-state index in [1.807, 2.05) is 0 Å². The molecule has 0 aliphatic rings. The van der Waals surface area contributed by atoms with Gasteiger partial charge >= 0.3 is 11.7 Å². The van der Waals surface area contributed by atoms with E-state index in [1.54, 1.807) is 25.1 Å². The third-order valence-electron chi connectivity index (χ3n) is 4.79. The average Bonchev–Trinajstić information content (AvgIpc) is 3.23. The van der Waals surface area contributed by atoms with E-state index < -0.39 is 32.1 Å². The van der Waals surface area contributed by atoms with Crippen LogP contribution in [-0.2, 0) is 24.3 Å². The van der Waals surface area contributed by atoms with Crippen LogP contribution in [0.4, 0.5) is 11.4 Å². The molecule has 0 amide bonds. The summed E-state index contributed by atoms with van der Waals surface area (Å²) in [7, 11) is -2.82. The number of aromatic nitrogens is 2. The first-order valence-electron chi connectivity index (χ1n) is 9.55. The summed E-state index contributed by atoms with van der Waals surface area (Å²) < 4.78 is 37.3. The monoisotopic (exact) mass is 462 g/mol. The molecule has 32 heavy (non-hydrogen) atoms. The van der Waals surface area contributed by atoms with Gasteiger partial charge in [0.25, 0.3) is 10.0 Å². The Kier molecular flexibility index (Phi) is 6.46. The van der Waals surface area contributed by atoms with Crippen molar-refractivity contribution >= 4 is 38.4 Å². The van der Waals surface area contributed by atoms with E-state index in [2.05, 4.69) is 10.3 Å². The molecule has 0 saturated carbocycles. The summed E-state index contributed by atoms with van der Waals surface area (Å²) in [5.41, 5.74) is -2.02. The number of hydrogen-bond acceptors (Lipinski definition) is 9. The van der Waals surface area contributed by atoms with E-state index in [0.29, 0.717) is 6.61 Å². The first kappa shape index (κ1) is 23.2. The van der Waals surface area contributed by atoms with Gasteiger partial charge in [-0.1, -0.05) is 18.2 Å². The minimum atomic E-state index is -4.01. The number of fused-ring (bicyclic) bond motifs is 1. The predicted molar refractivity (Wildman–Crippen MR) is 116 cm³/mol. The second kappa shape index (κ2) is 8.93. The lowest BCUT2D eigenvalue weighted by molar-refractivity contribution is -0.384. The van der Waals surface area contributed by atoms with Crippen molar-refractivity contribution in [3.8, 4) is 0 Å². The van der Waals surface area contributed by atoms with Crippen LogP contribution < -0.4 is 5.32 Å². The van der Waals surface area contributed by atoms with Crippen LogP contribution >= 0.6 is 0 Å². The molecule has 0 spiro atoms. The Morgan fingerprint density at radius 2 is 1.97 bits per heavy atom. The Hall–Kier alpha value is -3.51. The van der Waals surface area contributed by atoms with Gasteiger partial charge < -0.3 is 14.8 Å². The molecule has 0 aliphatic carbocycles. The highest BCUT2D eigenvalue weighted by molar-refractivity contribution is 7.90. The van der Waals surface area contributed by atoms with Gasteiger partial charge in [-0.15, -0.1) is 0 Å². The maximum absolute atomic E-state index is 13.1. The molecular weight excluding hydrogens is 440 g/mol. The lowest BCUT2D eigenvalue weighted by atomic mass is 10.0. The minimum absolute atomic E-state index is 0.0305. The van der Waals surface area contributed by atoms with E-state index in [4.69, 9.17) is 9.47 Å². The fourth-order valence-corrected chi connectivity index (χ4v) is 4.50. The molecule has 12 heteroatoms. The zero-order valence-corrected chi connectivity index (χ0v) is 18.5. The smallest absolute Gasteiger partial charge is 0.333 e. The second-order valence-electron chi connectivity index (χ2n) is 7.03. The van der Waals surface area contributed by atoms with Crippen LogP contribution in [-0.4, -0.2) is 54.1 Å². The van der Waals surface area contributed by atoms with Crippen LogP contribution in [0, 0.1) is 10.1 Å². The first-order chi connectivity index (χ1) is 15.2. The maximum atomic E-state index is 13.1. The summed E-state index contributed by atoms with van der Waals surface area (Å²) >= 11 is 0. The van der Waals surface area contributed by atoms with Crippen LogP contribution in [0.25, 0.3) is 11.0 Å². The summed E-state index contributed by atoms with van der Waals surface area (Å²) in [5.74, 6) is -0.707. The number of benzene rings is 1. The van der Waals surface area contributed by atoms with Crippen molar-refractivity contribution in [2.75, 3.05) is 25.6 Å². The van der Waals surface area contributed by atoms with Gasteiger partial charge in [0, 0.05) is 12.8 Å². The highest BCUT2D eigenvalue weighted by Gasteiger charge is 2.38. The molecule has 1 N–H and O–H groups in total. The Bertz CT molecular complexity index is 1260. The third kappa shape index (κ3) is 4.14. The molecule has 0 bridgehead atoms. The number of ether oxygens (including phenoxy) is 2. The largest absolute Gasteiger partial charge is 0.467 e. The SMILES string of the molecule is CCOCC(C)(Nc1c([N+](=O)[O-])cnc2c1ccn2S(=O)(=O)c1ccccc1)C(=O)OC. The van der Waals surface area contributed by atoms with Crippen LogP contribution in [0.5, 0.6) is 0 Å². The van der Waals surface area contributed by atoms with Crippen molar-refractivity contribution in [1.29, 1.82) is 0 Å². The Morgan fingerprint density at radius 3 is 2.56 bits per heavy atom. The molecular formula is C20H22N4O7S. The van der Waals surface area contributed by atoms with Gasteiger partial charge in [-0.05, 0) is 32.0 Å². The second-order valence-corrected chi connectivity index (χ2v) is 8.84. The van der Waals surface area contributed by atoms with Gasteiger partial charge in [-0.2, -0.15) is 0 Å². The van der Waals surface area contributed by atoms with Crippen LogP contribution in [0.1, 0.15) is 13.8 Å². The third-order valence-corrected chi connectivity index (χ3v) is 6.47. The van der Waals surface area contributed by atoms with Gasteiger partial charge in [0.05, 0.1) is 28.9 Å². The number of pyridine rings is 1. The van der Waals surface area contributed by atoms with Crippen LogP contribution in [0.15, 0.2) is 53.7 Å². The van der Waals surface area contributed by atoms with Gasteiger partial charge in [-0.25, -0.2) is 22.2 Å². The maximum Gasteiger partial charge on any atom is 0.333 e. The number of anilines is 1. The number of nitrogens with zero attached hydrogens (tertiary/aromatic N) is 3. The van der Waals surface area contributed by atoms with Crippen molar-refractivity contribution in [1.82, 2.24) is 8.96 Å². The van der Waals surface area contributed by atoms with Crippen molar-refractivity contribution in [3.05, 3.63) is 58.9 Å². The molecule has 170 valence electrons. The molecule has 3 rings (SSSR count). The molecule has 0 fully saturated rings. The number of hydrogen-bond donors (Lipinski definition) is 1. The number of carbonyl (C=O) groups excluding carboxylic acids is 1. The molecule has 1 unspecified atom stereocenters. The van der Waals surface area contributed by atoms with Gasteiger partial charge in [0.2, 0.25) is 0 Å². The van der Waals surface area contributed by atoms with Crippen molar-refractivity contribution in [2.24, 2.45) is 0 Å². The van der Waals surface area contributed by atoms with Crippen molar-refractivity contribution < 1.29 is 27.6 Å². The molecule has 2 aromatic heterocycles. The fourth-order valence-electron chi connectivity index (χ4n) is 3.18. The fraction of sp³-hybridized carbons (Fsp3) is 0.300. The van der Waals surface area contributed by atoms with Crippen LogP contribution in [0.3, 0.4) is 0 Å². The van der Waals surface area contributed by atoms with Gasteiger partial charge in [0.15, 0.2) is 11.2 Å². The molecule has 1 atom stereocenters. The molecule has 0 saturated heterocycles. The Balaban J connectivity index is 2.21. The Morgan fingerprint density at radius 1 is 1.28 bits per heavy atom. The van der Waals surface area contributed by atoms with Crippen LogP contribution in [0.2, 0.25) is 0 Å². The average molecular weight is 462 g/mol. The number of carbonyl (C=O) groups is 1. The zero-order valence-electron chi connectivity index (χ0n) is 17.6. The summed E-state index contributed by atoms with van der Waals surface area (Å²) in [6.45, 7) is 3.37. The standard InChI is InChI=1S/C20H22N4O7S/c1-4-31-13-20(2,19(25)30-3)22-17-15-10-11-23(18(15)21-12-16(17)24(26)27)32(28,29)14-8-6-5-7-9-14/h5-12H,4,13H2,1-3H3,(H,21,22). The molecule has 3 aromatic rings. The highest BCUT2D eigenvalue weighted by Crippen LogP contribution is 2.35. The van der Waals surface area contributed by atoms with E-state index in [1.165, 1.54) is 38.4 Å². The lowest BCUT2D eigenvalue weighted by Gasteiger charge is -2.28. The molecule has 2 heterocycles. The minimum Gasteiger partial charge on any atom is -0.467 e. The topological polar surface area (TPSA) is 143 Å². The number of nitro groups is 1. The number of rotatable bonds is 9. The normalized spacial score (nSPS) is 13.5. The highest BCUT2D eigenvalue weighted by atomic mass is 32.2. The first-order valence-corrected chi connectivity index (χ1v) is 11.0. The van der Waals surface area contributed by atoms with Gasteiger partial charge in [-0.3, -0.25) is 10.1 Å². The summed E-state index contributed by atoms with van der Waals surface area (Å²) in [5, 5.41) is 14.7. The summed E-state index contributed by atoms with van der Waals surface area (Å²) in [6.07, 6.45) is 2.20. The summed E-state index contributed by atoms with van der Waals surface area (Å²) in [6, 6.07) is 9.10. The molecule has 0 radical (unpaired) electrons. The van der Waals surface area contributed by atoms with E-state index in [9.17, 15) is 23.3 Å².